The Hall–Kier alpha value is -1.51. The third-order valence-electron chi connectivity index (χ3n) is 2.76. The number of benzene rings is 1. The van der Waals surface area contributed by atoms with Crippen LogP contribution in [0.15, 0.2) is 24.3 Å². The fourth-order valence-electron chi connectivity index (χ4n) is 1.79. The van der Waals surface area contributed by atoms with Crippen LogP contribution in [0.2, 0.25) is 0 Å². The maximum Gasteiger partial charge on any atom is 0.401 e. The Balaban J connectivity index is 2.83. The minimum Gasteiger partial charge on any atom is -0.320 e. The van der Waals surface area contributed by atoms with Crippen LogP contribution >= 0.6 is 0 Å². The number of nitrogens with zero attached hydrogens (tertiary/aromatic N) is 1. The summed E-state index contributed by atoms with van der Waals surface area (Å²) in [5, 5.41) is 0. The Bertz CT molecular complexity index is 484. The van der Waals surface area contributed by atoms with Crippen molar-refractivity contribution in [3.05, 3.63) is 35.4 Å². The summed E-state index contributed by atoms with van der Waals surface area (Å²) in [6, 6.07) is 7.03. The maximum absolute atomic E-state index is 12.5. The van der Waals surface area contributed by atoms with E-state index in [2.05, 4.69) is 11.8 Å². The lowest BCUT2D eigenvalue weighted by molar-refractivity contribution is -0.150. The predicted octanol–water partition coefficient (Wildman–Crippen LogP) is 2.77. The first-order valence-electron chi connectivity index (χ1n) is 6.40. The molecule has 0 saturated heterocycles. The van der Waals surface area contributed by atoms with E-state index in [0.29, 0.717) is 0 Å². The first-order chi connectivity index (χ1) is 9.31. The van der Waals surface area contributed by atoms with Gasteiger partial charge >= 0.3 is 6.18 Å². The van der Waals surface area contributed by atoms with Gasteiger partial charge in [-0.3, -0.25) is 4.90 Å². The standard InChI is InChI=1S/C15H19F3N2/c1-12(2)20(11-15(16,17)18)10-14-6-3-5-13(9-14)7-4-8-19/h3,5-6,9,12H,8,10-11,19H2,1-2H3. The van der Waals surface area contributed by atoms with Crippen LogP contribution in [0.1, 0.15) is 25.0 Å². The van der Waals surface area contributed by atoms with Gasteiger partial charge < -0.3 is 5.73 Å². The quantitative estimate of drug-likeness (QED) is 0.861. The van der Waals surface area contributed by atoms with Gasteiger partial charge in [-0.05, 0) is 31.5 Å². The average molecular weight is 284 g/mol. The Morgan fingerprint density at radius 2 is 2.00 bits per heavy atom. The normalized spacial score (nSPS) is 11.6. The fourth-order valence-corrected chi connectivity index (χ4v) is 1.79. The molecule has 0 aromatic heterocycles. The van der Waals surface area contributed by atoms with Crippen molar-refractivity contribution in [2.75, 3.05) is 13.1 Å². The number of rotatable bonds is 4. The molecule has 5 heteroatoms. The summed E-state index contributed by atoms with van der Waals surface area (Å²) in [7, 11) is 0. The maximum atomic E-state index is 12.5. The third-order valence-corrected chi connectivity index (χ3v) is 2.76. The highest BCUT2D eigenvalue weighted by Gasteiger charge is 2.31. The zero-order chi connectivity index (χ0) is 15.2. The second-order valence-corrected chi connectivity index (χ2v) is 4.82. The molecule has 0 atom stereocenters. The lowest BCUT2D eigenvalue weighted by Gasteiger charge is -2.27. The fraction of sp³-hybridized carbons (Fsp3) is 0.467. The summed E-state index contributed by atoms with van der Waals surface area (Å²) < 4.78 is 37.6. The van der Waals surface area contributed by atoms with Crippen molar-refractivity contribution in [2.24, 2.45) is 5.73 Å². The number of alkyl halides is 3. The smallest absolute Gasteiger partial charge is 0.320 e. The number of nitrogens with two attached hydrogens (primary N) is 1. The van der Waals surface area contributed by atoms with Gasteiger partial charge in [-0.2, -0.15) is 13.2 Å². The molecule has 0 radical (unpaired) electrons. The summed E-state index contributed by atoms with van der Waals surface area (Å²) >= 11 is 0. The van der Waals surface area contributed by atoms with E-state index in [9.17, 15) is 13.2 Å². The molecule has 0 amide bonds. The molecular weight excluding hydrogens is 265 g/mol. The van der Waals surface area contributed by atoms with E-state index < -0.39 is 12.7 Å². The molecule has 0 spiro atoms. The molecule has 1 rings (SSSR count). The number of halogens is 3. The SMILES string of the molecule is CC(C)N(Cc1cccc(C#CCN)c1)CC(F)(F)F. The van der Waals surface area contributed by atoms with Crippen LogP contribution < -0.4 is 5.73 Å². The van der Waals surface area contributed by atoms with E-state index in [4.69, 9.17) is 5.73 Å². The highest BCUT2D eigenvalue weighted by atomic mass is 19.4. The van der Waals surface area contributed by atoms with Gasteiger partial charge in [0.25, 0.3) is 0 Å². The molecule has 2 nitrogen and oxygen atoms in total. The average Bonchev–Trinajstić information content (AvgIpc) is 2.34. The van der Waals surface area contributed by atoms with E-state index >= 15 is 0 Å². The molecule has 0 aliphatic heterocycles. The second-order valence-electron chi connectivity index (χ2n) is 4.82. The van der Waals surface area contributed by atoms with Crippen LogP contribution in [0.5, 0.6) is 0 Å². The largest absolute Gasteiger partial charge is 0.401 e. The van der Waals surface area contributed by atoms with E-state index in [0.717, 1.165) is 11.1 Å². The lowest BCUT2D eigenvalue weighted by Crippen LogP contribution is -2.38. The van der Waals surface area contributed by atoms with Crippen molar-refractivity contribution in [2.45, 2.75) is 32.6 Å². The van der Waals surface area contributed by atoms with Crippen LogP contribution in [0.4, 0.5) is 13.2 Å². The van der Waals surface area contributed by atoms with Gasteiger partial charge in [0.1, 0.15) is 0 Å². The molecule has 0 unspecified atom stereocenters. The van der Waals surface area contributed by atoms with Crippen molar-refractivity contribution in [3.63, 3.8) is 0 Å². The minimum absolute atomic E-state index is 0.185. The molecule has 110 valence electrons. The topological polar surface area (TPSA) is 29.3 Å². The summed E-state index contributed by atoms with van der Waals surface area (Å²) in [6.45, 7) is 3.10. The Labute approximate surface area is 117 Å². The molecule has 20 heavy (non-hydrogen) atoms. The highest BCUT2D eigenvalue weighted by Crippen LogP contribution is 2.20. The molecule has 2 N–H and O–H groups in total. The Kier molecular flexibility index (Phi) is 6.05. The van der Waals surface area contributed by atoms with Crippen LogP contribution in [0.25, 0.3) is 0 Å². The molecule has 0 fully saturated rings. The zero-order valence-corrected chi connectivity index (χ0v) is 11.7. The summed E-state index contributed by atoms with van der Waals surface area (Å²) in [5.74, 6) is 5.61. The molecule has 1 aromatic carbocycles. The van der Waals surface area contributed by atoms with E-state index in [1.807, 2.05) is 6.07 Å². The van der Waals surface area contributed by atoms with Crippen molar-refractivity contribution < 1.29 is 13.2 Å². The van der Waals surface area contributed by atoms with Crippen molar-refractivity contribution >= 4 is 0 Å². The summed E-state index contributed by atoms with van der Waals surface area (Å²) in [6.07, 6.45) is -4.19. The first kappa shape index (κ1) is 16.5. The highest BCUT2D eigenvalue weighted by molar-refractivity contribution is 5.37. The van der Waals surface area contributed by atoms with Gasteiger partial charge in [-0.1, -0.05) is 24.0 Å². The third kappa shape index (κ3) is 6.09. The van der Waals surface area contributed by atoms with Crippen LogP contribution in [0.3, 0.4) is 0 Å². The molecule has 0 heterocycles. The van der Waals surface area contributed by atoms with E-state index in [1.165, 1.54) is 4.90 Å². The molecule has 1 aromatic rings. The molecule has 0 bridgehead atoms. The Morgan fingerprint density at radius 1 is 1.30 bits per heavy atom. The van der Waals surface area contributed by atoms with Crippen molar-refractivity contribution in [3.8, 4) is 11.8 Å². The van der Waals surface area contributed by atoms with Crippen LogP contribution in [-0.4, -0.2) is 30.2 Å². The van der Waals surface area contributed by atoms with E-state index in [-0.39, 0.29) is 19.1 Å². The predicted molar refractivity (Wildman–Crippen MR) is 74.0 cm³/mol. The van der Waals surface area contributed by atoms with E-state index in [1.54, 1.807) is 32.0 Å². The van der Waals surface area contributed by atoms with Gasteiger partial charge in [0.15, 0.2) is 0 Å². The molecule has 0 aliphatic carbocycles. The van der Waals surface area contributed by atoms with Gasteiger partial charge in [0, 0.05) is 18.2 Å². The number of hydrogen-bond acceptors (Lipinski definition) is 2. The second kappa shape index (κ2) is 7.32. The van der Waals surface area contributed by atoms with Crippen molar-refractivity contribution in [1.29, 1.82) is 0 Å². The van der Waals surface area contributed by atoms with Crippen molar-refractivity contribution in [1.82, 2.24) is 4.90 Å². The lowest BCUT2D eigenvalue weighted by atomic mass is 10.1. The molecule has 0 saturated carbocycles. The zero-order valence-electron chi connectivity index (χ0n) is 11.7. The monoisotopic (exact) mass is 284 g/mol. The van der Waals surface area contributed by atoms with Gasteiger partial charge in [-0.25, -0.2) is 0 Å². The van der Waals surface area contributed by atoms with Gasteiger partial charge in [-0.15, -0.1) is 0 Å². The molecule has 0 aliphatic rings. The van der Waals surface area contributed by atoms with Crippen LogP contribution in [0, 0.1) is 11.8 Å². The first-order valence-corrected chi connectivity index (χ1v) is 6.40. The van der Waals surface area contributed by atoms with Gasteiger partial charge in [0.2, 0.25) is 0 Å². The minimum atomic E-state index is -4.19. The number of hydrogen-bond donors (Lipinski definition) is 1. The van der Waals surface area contributed by atoms with Crippen LogP contribution in [-0.2, 0) is 6.54 Å². The molecular formula is C15H19F3N2. The summed E-state index contributed by atoms with van der Waals surface area (Å²) in [4.78, 5) is 1.38. The van der Waals surface area contributed by atoms with Gasteiger partial charge in [0.05, 0.1) is 13.1 Å². The Morgan fingerprint density at radius 3 is 2.55 bits per heavy atom. The summed E-state index contributed by atoms with van der Waals surface area (Å²) in [5.41, 5.74) is 6.88.